The van der Waals surface area contributed by atoms with Crippen LogP contribution in [0.15, 0.2) is 40.9 Å². The van der Waals surface area contributed by atoms with E-state index in [4.69, 9.17) is 16.2 Å². The third kappa shape index (κ3) is 3.08. The van der Waals surface area contributed by atoms with Crippen molar-refractivity contribution in [1.29, 1.82) is 0 Å². The summed E-state index contributed by atoms with van der Waals surface area (Å²) in [6.45, 7) is -0.0480. The van der Waals surface area contributed by atoms with Crippen LogP contribution in [0.25, 0.3) is 0 Å². The summed E-state index contributed by atoms with van der Waals surface area (Å²) in [6.07, 6.45) is 0. The van der Waals surface area contributed by atoms with Crippen LogP contribution < -0.4 is 16.2 Å². The Bertz CT molecular complexity index is 662. The molecule has 0 saturated carbocycles. The molecule has 0 fully saturated rings. The predicted molar refractivity (Wildman–Crippen MR) is 77.8 cm³/mol. The molecule has 0 aliphatic heterocycles. The summed E-state index contributed by atoms with van der Waals surface area (Å²) in [4.78, 5) is 11.3. The highest BCUT2D eigenvalue weighted by atomic mass is 79.9. The van der Waals surface area contributed by atoms with E-state index in [0.29, 0.717) is 10.0 Å². The molecule has 2 rings (SSSR count). The van der Waals surface area contributed by atoms with Gasteiger partial charge in [0.05, 0.1) is 11.3 Å². The molecular formula is C14H12BrFN2O2. The lowest BCUT2D eigenvalue weighted by atomic mass is 10.1. The molecule has 20 heavy (non-hydrogen) atoms. The van der Waals surface area contributed by atoms with E-state index in [0.717, 1.165) is 0 Å². The molecule has 0 bridgehead atoms. The minimum atomic E-state index is -0.649. The molecule has 0 saturated heterocycles. The molecule has 104 valence electrons. The highest BCUT2D eigenvalue weighted by molar-refractivity contribution is 9.10. The van der Waals surface area contributed by atoms with Crippen LogP contribution in [0.5, 0.6) is 5.75 Å². The number of primary amides is 1. The zero-order valence-corrected chi connectivity index (χ0v) is 12.0. The lowest BCUT2D eigenvalue weighted by molar-refractivity contribution is 0.0996. The van der Waals surface area contributed by atoms with E-state index in [1.54, 1.807) is 24.3 Å². The van der Waals surface area contributed by atoms with Crippen molar-refractivity contribution in [1.82, 2.24) is 0 Å². The Balaban J connectivity index is 2.25. The Hall–Kier alpha value is -2.08. The molecule has 0 heterocycles. The number of ether oxygens (including phenoxy) is 1. The number of carbonyl (C=O) groups is 1. The number of hydrogen-bond acceptors (Lipinski definition) is 3. The van der Waals surface area contributed by atoms with Crippen LogP contribution in [-0.4, -0.2) is 5.91 Å². The van der Waals surface area contributed by atoms with Crippen LogP contribution in [0.1, 0.15) is 15.9 Å². The Morgan fingerprint density at radius 1 is 1.30 bits per heavy atom. The van der Waals surface area contributed by atoms with Crippen molar-refractivity contribution in [2.45, 2.75) is 6.61 Å². The van der Waals surface area contributed by atoms with E-state index in [-0.39, 0.29) is 23.6 Å². The number of amides is 1. The Labute approximate surface area is 123 Å². The zero-order chi connectivity index (χ0) is 14.7. The van der Waals surface area contributed by atoms with Crippen LogP contribution >= 0.6 is 15.9 Å². The monoisotopic (exact) mass is 338 g/mol. The zero-order valence-electron chi connectivity index (χ0n) is 10.4. The van der Waals surface area contributed by atoms with Gasteiger partial charge >= 0.3 is 0 Å². The summed E-state index contributed by atoms with van der Waals surface area (Å²) in [5.41, 5.74) is 11.8. The molecule has 1 amide bonds. The molecule has 0 aliphatic rings. The topological polar surface area (TPSA) is 78.3 Å². The summed E-state index contributed by atoms with van der Waals surface area (Å²) in [5, 5.41) is 0. The first kappa shape index (κ1) is 14.3. The van der Waals surface area contributed by atoms with Gasteiger partial charge in [-0.15, -0.1) is 0 Å². The van der Waals surface area contributed by atoms with Crippen LogP contribution in [0.4, 0.5) is 10.1 Å². The maximum Gasteiger partial charge on any atom is 0.252 e. The third-order valence-electron chi connectivity index (χ3n) is 2.70. The van der Waals surface area contributed by atoms with Gasteiger partial charge < -0.3 is 16.2 Å². The first-order chi connectivity index (χ1) is 9.49. The van der Waals surface area contributed by atoms with Gasteiger partial charge in [0.25, 0.3) is 5.91 Å². The molecule has 2 aromatic rings. The first-order valence-corrected chi connectivity index (χ1v) is 6.53. The Morgan fingerprint density at radius 3 is 2.70 bits per heavy atom. The molecule has 6 heteroatoms. The summed E-state index contributed by atoms with van der Waals surface area (Å²) in [5.74, 6) is -0.889. The molecule has 2 aromatic carbocycles. The van der Waals surface area contributed by atoms with Crippen molar-refractivity contribution < 1.29 is 13.9 Å². The lowest BCUT2D eigenvalue weighted by Gasteiger charge is -2.12. The summed E-state index contributed by atoms with van der Waals surface area (Å²) in [7, 11) is 0. The lowest BCUT2D eigenvalue weighted by Crippen LogP contribution is -2.14. The SMILES string of the molecule is NC(=O)c1cccc(N)c1OCc1ccc(Br)cc1F. The molecular weight excluding hydrogens is 327 g/mol. The molecule has 0 spiro atoms. The van der Waals surface area contributed by atoms with Gasteiger partial charge in [-0.2, -0.15) is 0 Å². The average molecular weight is 339 g/mol. The number of benzene rings is 2. The number of hydrogen-bond donors (Lipinski definition) is 2. The van der Waals surface area contributed by atoms with Crippen LogP contribution in [0, 0.1) is 5.82 Å². The van der Waals surface area contributed by atoms with Gasteiger partial charge in [0.1, 0.15) is 12.4 Å². The van der Waals surface area contributed by atoms with Crippen molar-refractivity contribution in [2.75, 3.05) is 5.73 Å². The van der Waals surface area contributed by atoms with Crippen molar-refractivity contribution in [3.63, 3.8) is 0 Å². The van der Waals surface area contributed by atoms with Gasteiger partial charge in [-0.05, 0) is 24.3 Å². The van der Waals surface area contributed by atoms with Gasteiger partial charge in [0.2, 0.25) is 0 Å². The Morgan fingerprint density at radius 2 is 2.05 bits per heavy atom. The number of nitrogens with two attached hydrogens (primary N) is 2. The number of nitrogen functional groups attached to an aromatic ring is 1. The normalized spacial score (nSPS) is 10.3. The number of para-hydroxylation sites is 1. The largest absolute Gasteiger partial charge is 0.486 e. The second kappa shape index (κ2) is 5.92. The fraction of sp³-hybridized carbons (Fsp3) is 0.0714. The smallest absolute Gasteiger partial charge is 0.252 e. The summed E-state index contributed by atoms with van der Waals surface area (Å²) in [6, 6.07) is 9.31. The highest BCUT2D eigenvalue weighted by Crippen LogP contribution is 2.27. The van der Waals surface area contributed by atoms with Crippen LogP contribution in [0.2, 0.25) is 0 Å². The molecule has 0 atom stereocenters. The number of anilines is 1. The van der Waals surface area contributed by atoms with Gasteiger partial charge in [-0.3, -0.25) is 4.79 Å². The van der Waals surface area contributed by atoms with E-state index < -0.39 is 11.7 Å². The van der Waals surface area contributed by atoms with Gasteiger partial charge in [-0.1, -0.05) is 28.1 Å². The fourth-order valence-electron chi connectivity index (χ4n) is 1.70. The van der Waals surface area contributed by atoms with Gasteiger partial charge in [0.15, 0.2) is 5.75 Å². The van der Waals surface area contributed by atoms with Crippen LogP contribution in [0.3, 0.4) is 0 Å². The van der Waals surface area contributed by atoms with Crippen molar-refractivity contribution in [3.05, 3.63) is 57.8 Å². The molecule has 4 N–H and O–H groups in total. The number of carbonyl (C=O) groups excluding carboxylic acids is 1. The third-order valence-corrected chi connectivity index (χ3v) is 3.19. The van der Waals surface area contributed by atoms with E-state index in [1.165, 1.54) is 12.1 Å². The second-order valence-corrected chi connectivity index (χ2v) is 5.03. The number of halogens is 2. The first-order valence-electron chi connectivity index (χ1n) is 5.74. The maximum absolute atomic E-state index is 13.7. The van der Waals surface area contributed by atoms with E-state index in [2.05, 4.69) is 15.9 Å². The molecule has 4 nitrogen and oxygen atoms in total. The quantitative estimate of drug-likeness (QED) is 0.841. The van der Waals surface area contributed by atoms with Gasteiger partial charge in [0, 0.05) is 10.0 Å². The van der Waals surface area contributed by atoms with Gasteiger partial charge in [-0.25, -0.2) is 4.39 Å². The number of rotatable bonds is 4. The minimum Gasteiger partial charge on any atom is -0.486 e. The van der Waals surface area contributed by atoms with Crippen molar-refractivity contribution in [2.24, 2.45) is 5.73 Å². The predicted octanol–water partition coefficient (Wildman–Crippen LogP) is 2.85. The fourth-order valence-corrected chi connectivity index (χ4v) is 2.03. The second-order valence-electron chi connectivity index (χ2n) is 4.11. The molecule has 0 radical (unpaired) electrons. The van der Waals surface area contributed by atoms with E-state index in [1.807, 2.05) is 0 Å². The standard InChI is InChI=1S/C14H12BrFN2O2/c15-9-5-4-8(11(16)6-9)7-20-13-10(14(18)19)2-1-3-12(13)17/h1-6H,7,17H2,(H2,18,19). The van der Waals surface area contributed by atoms with E-state index >= 15 is 0 Å². The molecule has 0 aromatic heterocycles. The van der Waals surface area contributed by atoms with Crippen LogP contribution in [-0.2, 0) is 6.61 Å². The summed E-state index contributed by atoms with van der Waals surface area (Å²) < 4.78 is 19.8. The van der Waals surface area contributed by atoms with Crippen molar-refractivity contribution >= 4 is 27.5 Å². The minimum absolute atomic E-state index is 0.0480. The maximum atomic E-state index is 13.7. The Kier molecular flexibility index (Phi) is 4.24. The highest BCUT2D eigenvalue weighted by Gasteiger charge is 2.13. The average Bonchev–Trinajstić information content (AvgIpc) is 2.38. The van der Waals surface area contributed by atoms with E-state index in [9.17, 15) is 9.18 Å². The summed E-state index contributed by atoms with van der Waals surface area (Å²) >= 11 is 3.17. The molecule has 0 aliphatic carbocycles. The molecule has 0 unspecified atom stereocenters. The van der Waals surface area contributed by atoms with Crippen molar-refractivity contribution in [3.8, 4) is 5.75 Å².